The zero-order valence-corrected chi connectivity index (χ0v) is 11.5. The number of aromatic hydroxyl groups is 1. The number of allylic oxidation sites excluding steroid dienone is 2. The Morgan fingerprint density at radius 1 is 0.850 bits per heavy atom. The second-order valence-corrected chi connectivity index (χ2v) is 4.41. The molecule has 0 radical (unpaired) electrons. The maximum absolute atomic E-state index is 9.19. The normalized spacial score (nSPS) is 11.2. The summed E-state index contributed by atoms with van der Waals surface area (Å²) in [7, 11) is 1.67. The molecule has 0 aliphatic heterocycles. The Kier molecular flexibility index (Phi) is 5.01. The molecule has 0 fully saturated rings. The van der Waals surface area contributed by atoms with Crippen LogP contribution in [0.1, 0.15) is 17.5 Å². The fourth-order valence-corrected chi connectivity index (χ4v) is 1.79. The van der Waals surface area contributed by atoms with Crippen molar-refractivity contribution in [1.82, 2.24) is 0 Å². The van der Waals surface area contributed by atoms with E-state index in [9.17, 15) is 5.11 Å². The van der Waals surface area contributed by atoms with Crippen LogP contribution >= 0.6 is 0 Å². The number of phenolic OH excluding ortho intramolecular Hbond substituents is 1. The third-order valence-corrected chi connectivity index (χ3v) is 2.90. The van der Waals surface area contributed by atoms with Gasteiger partial charge in [0.2, 0.25) is 0 Å². The number of hydrogen-bond donors (Lipinski definition) is 1. The molecule has 0 unspecified atom stereocenters. The largest absolute Gasteiger partial charge is 0.508 e. The van der Waals surface area contributed by atoms with Gasteiger partial charge in [-0.2, -0.15) is 0 Å². The van der Waals surface area contributed by atoms with Gasteiger partial charge in [-0.25, -0.2) is 0 Å². The zero-order valence-electron chi connectivity index (χ0n) is 11.5. The van der Waals surface area contributed by atoms with E-state index in [1.54, 1.807) is 19.2 Å². The van der Waals surface area contributed by atoms with Gasteiger partial charge in [0.05, 0.1) is 7.11 Å². The highest BCUT2D eigenvalue weighted by Crippen LogP contribution is 2.13. The topological polar surface area (TPSA) is 29.5 Å². The predicted octanol–water partition coefficient (Wildman–Crippen LogP) is 4.52. The molecular formula is C18H18O2. The first-order valence-corrected chi connectivity index (χ1v) is 6.54. The van der Waals surface area contributed by atoms with Crippen LogP contribution in [-0.2, 0) is 0 Å². The summed E-state index contributed by atoms with van der Waals surface area (Å²) in [6.45, 7) is 0. The minimum absolute atomic E-state index is 0.293. The number of methoxy groups -OCH3 is 1. The first kappa shape index (κ1) is 13.9. The average Bonchev–Trinajstić information content (AvgIpc) is 2.49. The first-order valence-electron chi connectivity index (χ1n) is 6.54. The van der Waals surface area contributed by atoms with Crippen molar-refractivity contribution in [3.8, 4) is 11.5 Å². The minimum Gasteiger partial charge on any atom is -0.508 e. The van der Waals surface area contributed by atoms with Crippen molar-refractivity contribution in [3.63, 3.8) is 0 Å². The molecule has 20 heavy (non-hydrogen) atoms. The van der Waals surface area contributed by atoms with Gasteiger partial charge >= 0.3 is 0 Å². The van der Waals surface area contributed by atoms with Gasteiger partial charge in [0.15, 0.2) is 0 Å². The highest BCUT2D eigenvalue weighted by molar-refractivity contribution is 5.53. The molecule has 0 saturated heterocycles. The Balaban J connectivity index is 1.85. The summed E-state index contributed by atoms with van der Waals surface area (Å²) in [5.41, 5.74) is 2.24. The van der Waals surface area contributed by atoms with Crippen molar-refractivity contribution >= 4 is 12.2 Å². The van der Waals surface area contributed by atoms with Gasteiger partial charge in [-0.3, -0.25) is 0 Å². The Hall–Kier alpha value is -2.48. The summed E-state index contributed by atoms with van der Waals surface area (Å²) in [6.07, 6.45) is 9.19. The Bertz CT molecular complexity index is 578. The van der Waals surface area contributed by atoms with Crippen LogP contribution in [0.25, 0.3) is 12.2 Å². The van der Waals surface area contributed by atoms with Gasteiger partial charge in [0, 0.05) is 0 Å². The standard InChI is InChI=1S/C18H18O2/c1-20-18-13-9-16(10-14-18)6-4-2-3-5-15-7-11-17(19)12-8-15/h3-14,19H,2H2,1H3. The molecule has 1 N–H and O–H groups in total. The second kappa shape index (κ2) is 7.19. The molecule has 2 heteroatoms. The second-order valence-electron chi connectivity index (χ2n) is 4.41. The van der Waals surface area contributed by atoms with Crippen LogP contribution in [0.4, 0.5) is 0 Å². The summed E-state index contributed by atoms with van der Waals surface area (Å²) < 4.78 is 5.12. The molecule has 0 spiro atoms. The van der Waals surface area contributed by atoms with Crippen molar-refractivity contribution < 1.29 is 9.84 Å². The number of ether oxygens (including phenoxy) is 1. The summed E-state index contributed by atoms with van der Waals surface area (Å²) >= 11 is 0. The molecule has 0 aromatic heterocycles. The van der Waals surface area contributed by atoms with Crippen LogP contribution in [0.15, 0.2) is 60.7 Å². The summed E-state index contributed by atoms with van der Waals surface area (Å²) in [5, 5.41) is 9.19. The molecule has 0 atom stereocenters. The van der Waals surface area contributed by atoms with Crippen molar-refractivity contribution in [1.29, 1.82) is 0 Å². The molecule has 2 aromatic rings. The highest BCUT2D eigenvalue weighted by atomic mass is 16.5. The van der Waals surface area contributed by atoms with E-state index < -0.39 is 0 Å². The summed E-state index contributed by atoms with van der Waals surface area (Å²) in [4.78, 5) is 0. The molecular weight excluding hydrogens is 248 g/mol. The summed E-state index contributed by atoms with van der Waals surface area (Å²) in [5.74, 6) is 1.16. The third kappa shape index (κ3) is 4.32. The first-order chi connectivity index (χ1) is 9.78. The maximum atomic E-state index is 9.19. The molecule has 0 bridgehead atoms. The third-order valence-electron chi connectivity index (χ3n) is 2.90. The highest BCUT2D eigenvalue weighted by Gasteiger charge is 1.89. The van der Waals surface area contributed by atoms with E-state index in [4.69, 9.17) is 4.74 Å². The Labute approximate surface area is 119 Å². The Morgan fingerprint density at radius 3 is 1.85 bits per heavy atom. The van der Waals surface area contributed by atoms with E-state index in [0.717, 1.165) is 23.3 Å². The van der Waals surface area contributed by atoms with E-state index in [0.29, 0.717) is 5.75 Å². The summed E-state index contributed by atoms with van der Waals surface area (Å²) in [6, 6.07) is 15.1. The van der Waals surface area contributed by atoms with Crippen LogP contribution < -0.4 is 4.74 Å². The minimum atomic E-state index is 0.293. The van der Waals surface area contributed by atoms with Gasteiger partial charge in [-0.1, -0.05) is 48.6 Å². The van der Waals surface area contributed by atoms with Gasteiger partial charge in [-0.15, -0.1) is 0 Å². The fourth-order valence-electron chi connectivity index (χ4n) is 1.79. The smallest absolute Gasteiger partial charge is 0.118 e. The van der Waals surface area contributed by atoms with Crippen LogP contribution in [0.5, 0.6) is 11.5 Å². The van der Waals surface area contributed by atoms with Gasteiger partial charge in [0.1, 0.15) is 11.5 Å². The lowest BCUT2D eigenvalue weighted by molar-refractivity contribution is 0.415. The lowest BCUT2D eigenvalue weighted by atomic mass is 10.1. The number of hydrogen-bond acceptors (Lipinski definition) is 2. The maximum Gasteiger partial charge on any atom is 0.118 e. The molecule has 0 aliphatic carbocycles. The van der Waals surface area contributed by atoms with E-state index in [-0.39, 0.29) is 0 Å². The number of rotatable bonds is 5. The quantitative estimate of drug-likeness (QED) is 0.862. The van der Waals surface area contributed by atoms with Gasteiger partial charge < -0.3 is 9.84 Å². The van der Waals surface area contributed by atoms with Crippen LogP contribution in [-0.4, -0.2) is 12.2 Å². The molecule has 2 nitrogen and oxygen atoms in total. The average molecular weight is 266 g/mol. The van der Waals surface area contributed by atoms with Gasteiger partial charge in [0.25, 0.3) is 0 Å². The zero-order chi connectivity index (χ0) is 14.2. The van der Waals surface area contributed by atoms with Crippen molar-refractivity contribution in [2.45, 2.75) is 6.42 Å². The van der Waals surface area contributed by atoms with E-state index in [1.807, 2.05) is 42.5 Å². The molecule has 0 amide bonds. The van der Waals surface area contributed by atoms with Crippen molar-refractivity contribution in [3.05, 3.63) is 71.8 Å². The molecule has 2 rings (SSSR count). The fraction of sp³-hybridized carbons (Fsp3) is 0.111. The van der Waals surface area contributed by atoms with Crippen LogP contribution in [0.2, 0.25) is 0 Å². The van der Waals surface area contributed by atoms with E-state index in [2.05, 4.69) is 18.2 Å². The van der Waals surface area contributed by atoms with Crippen molar-refractivity contribution in [2.24, 2.45) is 0 Å². The lowest BCUT2D eigenvalue weighted by Crippen LogP contribution is -1.81. The van der Waals surface area contributed by atoms with E-state index >= 15 is 0 Å². The molecule has 0 heterocycles. The Morgan fingerprint density at radius 2 is 1.35 bits per heavy atom. The van der Waals surface area contributed by atoms with Gasteiger partial charge in [-0.05, 0) is 41.8 Å². The van der Waals surface area contributed by atoms with E-state index in [1.165, 1.54) is 0 Å². The SMILES string of the molecule is COc1ccc(C=CCC=Cc2ccc(O)cc2)cc1. The molecule has 102 valence electrons. The van der Waals surface area contributed by atoms with Crippen LogP contribution in [0, 0.1) is 0 Å². The number of phenols is 1. The molecule has 0 saturated carbocycles. The molecule has 0 aliphatic rings. The lowest BCUT2D eigenvalue weighted by Gasteiger charge is -1.98. The number of benzene rings is 2. The monoisotopic (exact) mass is 266 g/mol. The molecule has 2 aromatic carbocycles. The van der Waals surface area contributed by atoms with Crippen LogP contribution in [0.3, 0.4) is 0 Å². The van der Waals surface area contributed by atoms with Crippen molar-refractivity contribution in [2.75, 3.05) is 7.11 Å². The predicted molar refractivity (Wildman–Crippen MR) is 83.8 cm³/mol.